The van der Waals surface area contributed by atoms with Crippen LogP contribution >= 0.6 is 0 Å². The van der Waals surface area contributed by atoms with Gasteiger partial charge >= 0.3 is 0 Å². The SMILES string of the molecule is CC1(C)CCC(O)(C(C)(C)N)CC1. The van der Waals surface area contributed by atoms with Crippen molar-refractivity contribution in [3.8, 4) is 0 Å². The summed E-state index contributed by atoms with van der Waals surface area (Å²) in [5.41, 5.74) is 5.25. The summed E-state index contributed by atoms with van der Waals surface area (Å²) in [6, 6.07) is 0. The lowest BCUT2D eigenvalue weighted by Crippen LogP contribution is -2.58. The van der Waals surface area contributed by atoms with Gasteiger partial charge in [-0.2, -0.15) is 0 Å². The molecule has 0 aromatic carbocycles. The number of hydrogen-bond donors (Lipinski definition) is 2. The van der Waals surface area contributed by atoms with Crippen molar-refractivity contribution in [2.24, 2.45) is 11.1 Å². The van der Waals surface area contributed by atoms with Gasteiger partial charge in [0.25, 0.3) is 0 Å². The molecule has 2 nitrogen and oxygen atoms in total. The lowest BCUT2D eigenvalue weighted by Gasteiger charge is -2.47. The molecule has 1 fully saturated rings. The average Bonchev–Trinajstić information content (AvgIpc) is 1.94. The van der Waals surface area contributed by atoms with E-state index in [2.05, 4.69) is 13.8 Å². The van der Waals surface area contributed by atoms with E-state index in [1.165, 1.54) is 0 Å². The van der Waals surface area contributed by atoms with Crippen LogP contribution in [0.2, 0.25) is 0 Å². The summed E-state index contributed by atoms with van der Waals surface area (Å²) >= 11 is 0. The molecule has 0 aromatic heterocycles. The summed E-state index contributed by atoms with van der Waals surface area (Å²) < 4.78 is 0. The third kappa shape index (κ3) is 2.23. The van der Waals surface area contributed by atoms with E-state index in [0.29, 0.717) is 5.41 Å². The molecule has 1 aliphatic carbocycles. The van der Waals surface area contributed by atoms with E-state index < -0.39 is 11.1 Å². The molecule has 2 heteroatoms. The Bertz CT molecular complexity index is 181. The first kappa shape index (κ1) is 11.0. The number of nitrogens with two attached hydrogens (primary N) is 1. The van der Waals surface area contributed by atoms with Gasteiger partial charge in [-0.3, -0.25) is 0 Å². The predicted molar refractivity (Wildman–Crippen MR) is 55.5 cm³/mol. The fraction of sp³-hybridized carbons (Fsp3) is 1.00. The third-order valence-corrected chi connectivity index (χ3v) is 3.63. The Kier molecular flexibility index (Phi) is 2.50. The Morgan fingerprint density at radius 1 is 1.08 bits per heavy atom. The van der Waals surface area contributed by atoms with Crippen LogP contribution in [0.25, 0.3) is 0 Å². The molecular formula is C11H23NO. The normalized spacial score (nSPS) is 27.2. The fourth-order valence-electron chi connectivity index (χ4n) is 1.98. The molecular weight excluding hydrogens is 162 g/mol. The maximum Gasteiger partial charge on any atom is 0.0821 e. The van der Waals surface area contributed by atoms with Gasteiger partial charge in [-0.25, -0.2) is 0 Å². The lowest BCUT2D eigenvalue weighted by atomic mass is 9.65. The van der Waals surface area contributed by atoms with Gasteiger partial charge in [0.05, 0.1) is 5.60 Å². The molecule has 0 saturated heterocycles. The standard InChI is InChI=1S/C11H23NO/c1-9(2)5-7-11(13,8-6-9)10(3,4)12/h13H,5-8,12H2,1-4H3. The van der Waals surface area contributed by atoms with Crippen LogP contribution in [0.4, 0.5) is 0 Å². The topological polar surface area (TPSA) is 46.2 Å². The van der Waals surface area contributed by atoms with Crippen molar-refractivity contribution in [1.29, 1.82) is 0 Å². The smallest absolute Gasteiger partial charge is 0.0821 e. The van der Waals surface area contributed by atoms with E-state index in [1.807, 2.05) is 13.8 Å². The molecule has 0 atom stereocenters. The van der Waals surface area contributed by atoms with Crippen LogP contribution < -0.4 is 5.73 Å². The Balaban J connectivity index is 2.68. The van der Waals surface area contributed by atoms with Gasteiger partial charge in [-0.1, -0.05) is 13.8 Å². The summed E-state index contributed by atoms with van der Waals surface area (Å²) in [5.74, 6) is 0. The molecule has 0 heterocycles. The molecule has 0 aromatic rings. The highest BCUT2D eigenvalue weighted by Crippen LogP contribution is 2.43. The average molecular weight is 185 g/mol. The van der Waals surface area contributed by atoms with Gasteiger partial charge in [0, 0.05) is 5.54 Å². The van der Waals surface area contributed by atoms with Crippen molar-refractivity contribution in [1.82, 2.24) is 0 Å². The highest BCUT2D eigenvalue weighted by molar-refractivity contribution is 5.01. The van der Waals surface area contributed by atoms with E-state index in [4.69, 9.17) is 5.73 Å². The first-order valence-corrected chi connectivity index (χ1v) is 5.18. The van der Waals surface area contributed by atoms with Crippen molar-refractivity contribution in [2.45, 2.75) is 64.5 Å². The second-order valence-corrected chi connectivity index (χ2v) is 5.92. The maximum absolute atomic E-state index is 10.3. The van der Waals surface area contributed by atoms with E-state index >= 15 is 0 Å². The summed E-state index contributed by atoms with van der Waals surface area (Å²) in [4.78, 5) is 0. The van der Waals surface area contributed by atoms with Crippen LogP contribution in [-0.2, 0) is 0 Å². The molecule has 78 valence electrons. The zero-order valence-electron chi connectivity index (χ0n) is 9.35. The molecule has 0 aliphatic heterocycles. The van der Waals surface area contributed by atoms with E-state index in [0.717, 1.165) is 25.7 Å². The first-order chi connectivity index (χ1) is 5.66. The molecule has 0 spiro atoms. The largest absolute Gasteiger partial charge is 0.388 e. The summed E-state index contributed by atoms with van der Waals surface area (Å²) in [7, 11) is 0. The molecule has 13 heavy (non-hydrogen) atoms. The van der Waals surface area contributed by atoms with Crippen LogP contribution in [0.15, 0.2) is 0 Å². The molecule has 1 aliphatic rings. The first-order valence-electron chi connectivity index (χ1n) is 5.18. The molecule has 1 saturated carbocycles. The van der Waals surface area contributed by atoms with Gasteiger partial charge in [0.2, 0.25) is 0 Å². The van der Waals surface area contributed by atoms with Gasteiger partial charge < -0.3 is 10.8 Å². The molecule has 0 amide bonds. The van der Waals surface area contributed by atoms with Crippen LogP contribution in [0.1, 0.15) is 53.4 Å². The Morgan fingerprint density at radius 2 is 1.46 bits per heavy atom. The molecule has 3 N–H and O–H groups in total. The maximum atomic E-state index is 10.3. The quantitative estimate of drug-likeness (QED) is 0.657. The van der Waals surface area contributed by atoms with E-state index in [-0.39, 0.29) is 0 Å². The minimum Gasteiger partial charge on any atom is -0.388 e. The Morgan fingerprint density at radius 3 is 1.77 bits per heavy atom. The summed E-state index contributed by atoms with van der Waals surface area (Å²) in [6.07, 6.45) is 3.82. The molecule has 1 rings (SSSR count). The number of aliphatic hydroxyl groups is 1. The second kappa shape index (κ2) is 2.96. The second-order valence-electron chi connectivity index (χ2n) is 5.92. The predicted octanol–water partition coefficient (Wildman–Crippen LogP) is 2.05. The minimum atomic E-state index is -0.650. The van der Waals surface area contributed by atoms with Crippen LogP contribution in [0.5, 0.6) is 0 Å². The molecule has 0 unspecified atom stereocenters. The van der Waals surface area contributed by atoms with E-state index in [1.54, 1.807) is 0 Å². The zero-order chi connectivity index (χ0) is 10.3. The lowest BCUT2D eigenvalue weighted by molar-refractivity contribution is -0.0731. The zero-order valence-corrected chi connectivity index (χ0v) is 9.35. The number of hydrogen-bond acceptors (Lipinski definition) is 2. The van der Waals surface area contributed by atoms with Gasteiger partial charge in [0.15, 0.2) is 0 Å². The Labute approximate surface area is 81.5 Å². The highest BCUT2D eigenvalue weighted by atomic mass is 16.3. The van der Waals surface area contributed by atoms with Crippen molar-refractivity contribution < 1.29 is 5.11 Å². The Hall–Kier alpha value is -0.0800. The summed E-state index contributed by atoms with van der Waals surface area (Å²) in [6.45, 7) is 8.36. The number of rotatable bonds is 1. The van der Waals surface area contributed by atoms with Crippen molar-refractivity contribution in [3.63, 3.8) is 0 Å². The van der Waals surface area contributed by atoms with Crippen LogP contribution in [0.3, 0.4) is 0 Å². The minimum absolute atomic E-state index is 0.386. The molecule has 0 radical (unpaired) electrons. The van der Waals surface area contributed by atoms with Crippen molar-refractivity contribution in [3.05, 3.63) is 0 Å². The fourth-order valence-corrected chi connectivity index (χ4v) is 1.98. The van der Waals surface area contributed by atoms with E-state index in [9.17, 15) is 5.11 Å². The monoisotopic (exact) mass is 185 g/mol. The van der Waals surface area contributed by atoms with Crippen molar-refractivity contribution in [2.75, 3.05) is 0 Å². The molecule has 0 bridgehead atoms. The van der Waals surface area contributed by atoms with Gasteiger partial charge in [-0.05, 0) is 44.9 Å². The van der Waals surface area contributed by atoms with Crippen LogP contribution in [0, 0.1) is 5.41 Å². The third-order valence-electron chi connectivity index (χ3n) is 3.63. The van der Waals surface area contributed by atoms with Gasteiger partial charge in [0.1, 0.15) is 0 Å². The highest BCUT2D eigenvalue weighted by Gasteiger charge is 2.44. The van der Waals surface area contributed by atoms with Gasteiger partial charge in [-0.15, -0.1) is 0 Å². The van der Waals surface area contributed by atoms with Crippen LogP contribution in [-0.4, -0.2) is 16.2 Å². The van der Waals surface area contributed by atoms with Crippen molar-refractivity contribution >= 4 is 0 Å². The summed E-state index contributed by atoms with van der Waals surface area (Å²) in [5, 5.41) is 10.3.